The monoisotopic (exact) mass is 422 g/mol. The van der Waals surface area contributed by atoms with E-state index in [2.05, 4.69) is 0 Å². The number of benzene rings is 1. The van der Waals surface area contributed by atoms with Gasteiger partial charge in [-0.3, -0.25) is 14.2 Å². The zero-order valence-corrected chi connectivity index (χ0v) is 17.4. The molecule has 1 atom stereocenters. The minimum absolute atomic E-state index is 0.0864. The molecule has 0 saturated carbocycles. The first-order valence-corrected chi connectivity index (χ1v) is 11.1. The van der Waals surface area contributed by atoms with Gasteiger partial charge < -0.3 is 4.74 Å². The Morgan fingerprint density at radius 3 is 2.72 bits per heavy atom. The van der Waals surface area contributed by atoms with Gasteiger partial charge in [0.1, 0.15) is 5.75 Å². The predicted molar refractivity (Wildman–Crippen MR) is 114 cm³/mol. The number of thiophene rings is 1. The highest BCUT2D eigenvalue weighted by atomic mass is 32.1. The quantitative estimate of drug-likeness (QED) is 0.652. The molecule has 3 aromatic rings. The third kappa shape index (κ3) is 3.10. The van der Waals surface area contributed by atoms with Crippen LogP contribution < -0.4 is 19.6 Å². The first-order valence-electron chi connectivity index (χ1n) is 9.41. The normalized spacial score (nSPS) is 19.0. The summed E-state index contributed by atoms with van der Waals surface area (Å²) in [7, 11) is 1.62. The predicted octanol–water partition coefficient (Wildman–Crippen LogP) is 3.04. The summed E-state index contributed by atoms with van der Waals surface area (Å²) < 4.78 is 7.60. The van der Waals surface area contributed by atoms with Gasteiger partial charge in [-0.25, -0.2) is 4.99 Å². The SMILES string of the molecule is COc1ccc(C2C3=C(CCCC3=O)N=c3s/c(=C\c4cccs4)c(=O)n32)cc1. The minimum Gasteiger partial charge on any atom is -0.497 e. The van der Waals surface area contributed by atoms with Gasteiger partial charge in [0.05, 0.1) is 23.4 Å². The first-order chi connectivity index (χ1) is 14.2. The lowest BCUT2D eigenvalue weighted by Gasteiger charge is -2.28. The summed E-state index contributed by atoms with van der Waals surface area (Å²) in [5, 5.41) is 1.99. The number of rotatable bonds is 3. The van der Waals surface area contributed by atoms with Crippen LogP contribution >= 0.6 is 22.7 Å². The molecule has 7 heteroatoms. The Balaban J connectivity index is 1.76. The van der Waals surface area contributed by atoms with Gasteiger partial charge >= 0.3 is 0 Å². The van der Waals surface area contributed by atoms with Crippen LogP contribution in [-0.4, -0.2) is 17.5 Å². The molecular formula is C22H18N2O3S2. The number of fused-ring (bicyclic) bond motifs is 1. The van der Waals surface area contributed by atoms with E-state index in [9.17, 15) is 9.59 Å². The van der Waals surface area contributed by atoms with Crippen LogP contribution in [0.5, 0.6) is 5.75 Å². The Bertz CT molecular complexity index is 1300. The average molecular weight is 423 g/mol. The maximum Gasteiger partial charge on any atom is 0.271 e. The number of ether oxygens (including phenoxy) is 1. The summed E-state index contributed by atoms with van der Waals surface area (Å²) >= 11 is 2.98. The van der Waals surface area contributed by atoms with Crippen molar-refractivity contribution in [3.63, 3.8) is 0 Å². The van der Waals surface area contributed by atoms with E-state index in [1.165, 1.54) is 11.3 Å². The van der Waals surface area contributed by atoms with Gasteiger partial charge in [0, 0.05) is 16.9 Å². The summed E-state index contributed by atoms with van der Waals surface area (Å²) in [6.07, 6.45) is 3.98. The molecule has 146 valence electrons. The van der Waals surface area contributed by atoms with Gasteiger partial charge in [0.25, 0.3) is 5.56 Å². The Hall–Kier alpha value is -2.77. The number of thiazole rings is 1. The summed E-state index contributed by atoms with van der Waals surface area (Å²) in [5.41, 5.74) is 2.28. The summed E-state index contributed by atoms with van der Waals surface area (Å²) in [6, 6.07) is 11.1. The highest BCUT2D eigenvalue weighted by Gasteiger charge is 2.34. The second kappa shape index (κ2) is 7.24. The summed E-state index contributed by atoms with van der Waals surface area (Å²) in [4.78, 5) is 32.6. The number of carbonyl (C=O) groups excluding carboxylic acids is 1. The average Bonchev–Trinajstić information content (AvgIpc) is 3.35. The van der Waals surface area contributed by atoms with Crippen LogP contribution in [0.2, 0.25) is 0 Å². The highest BCUT2D eigenvalue weighted by Crippen LogP contribution is 2.36. The van der Waals surface area contributed by atoms with Crippen molar-refractivity contribution in [2.45, 2.75) is 25.3 Å². The summed E-state index contributed by atoms with van der Waals surface area (Å²) in [6.45, 7) is 0. The highest BCUT2D eigenvalue weighted by molar-refractivity contribution is 7.11. The van der Waals surface area contributed by atoms with Crippen LogP contribution in [0.4, 0.5) is 0 Å². The molecule has 1 aliphatic carbocycles. The van der Waals surface area contributed by atoms with Crippen LogP contribution in [0, 0.1) is 0 Å². The van der Waals surface area contributed by atoms with Crippen molar-refractivity contribution in [2.24, 2.45) is 4.99 Å². The number of hydrogen-bond acceptors (Lipinski definition) is 6. The van der Waals surface area contributed by atoms with Crippen molar-refractivity contribution in [3.05, 3.63) is 83.2 Å². The van der Waals surface area contributed by atoms with Gasteiger partial charge in [-0.2, -0.15) is 0 Å². The topological polar surface area (TPSA) is 60.7 Å². The van der Waals surface area contributed by atoms with Crippen molar-refractivity contribution in [3.8, 4) is 5.75 Å². The molecule has 0 amide bonds. The van der Waals surface area contributed by atoms with Crippen molar-refractivity contribution in [1.29, 1.82) is 0 Å². The third-order valence-electron chi connectivity index (χ3n) is 5.28. The van der Waals surface area contributed by atoms with Crippen LogP contribution in [0.1, 0.15) is 35.7 Å². The lowest BCUT2D eigenvalue weighted by Crippen LogP contribution is -2.40. The van der Waals surface area contributed by atoms with Gasteiger partial charge in [-0.05, 0) is 48.1 Å². The van der Waals surface area contributed by atoms with Crippen molar-refractivity contribution >= 4 is 34.5 Å². The smallest absolute Gasteiger partial charge is 0.271 e. The number of methoxy groups -OCH3 is 1. The number of nitrogens with zero attached hydrogens (tertiary/aromatic N) is 2. The lowest BCUT2D eigenvalue weighted by atomic mass is 9.86. The molecule has 29 heavy (non-hydrogen) atoms. The third-order valence-corrected chi connectivity index (χ3v) is 7.08. The fraction of sp³-hybridized carbons (Fsp3) is 0.227. The van der Waals surface area contributed by atoms with Crippen molar-refractivity contribution in [2.75, 3.05) is 7.11 Å². The zero-order chi connectivity index (χ0) is 20.0. The standard InChI is InChI=1S/C22H18N2O3S2/c1-27-14-9-7-13(8-10-14)20-19-16(5-2-6-17(19)25)23-22-24(20)21(26)18(29-22)12-15-4-3-11-28-15/h3-4,7-12,20H,2,5-6H2,1H3/b18-12-. The molecule has 1 unspecified atom stereocenters. The van der Waals surface area contributed by atoms with Gasteiger partial charge in [-0.1, -0.05) is 29.5 Å². The van der Waals surface area contributed by atoms with Gasteiger partial charge in [0.2, 0.25) is 0 Å². The molecule has 0 saturated heterocycles. The molecule has 0 bridgehead atoms. The van der Waals surface area contributed by atoms with E-state index in [1.807, 2.05) is 47.9 Å². The number of aromatic nitrogens is 1. The van der Waals surface area contributed by atoms with Gasteiger partial charge in [-0.15, -0.1) is 11.3 Å². The van der Waals surface area contributed by atoms with Gasteiger partial charge in [0.15, 0.2) is 10.6 Å². The molecule has 0 radical (unpaired) electrons. The molecule has 2 aromatic heterocycles. The molecule has 0 N–H and O–H groups in total. The largest absolute Gasteiger partial charge is 0.497 e. The Labute approximate surface area is 174 Å². The van der Waals surface area contributed by atoms with E-state index >= 15 is 0 Å². The Kier molecular flexibility index (Phi) is 4.56. The second-order valence-corrected chi connectivity index (χ2v) is 9.00. The zero-order valence-electron chi connectivity index (χ0n) is 15.8. The van der Waals surface area contributed by atoms with E-state index in [0.29, 0.717) is 21.3 Å². The minimum atomic E-state index is -0.439. The van der Waals surface area contributed by atoms with Crippen LogP contribution in [0.25, 0.3) is 6.08 Å². The molecule has 1 aromatic carbocycles. The fourth-order valence-corrected chi connectivity index (χ4v) is 5.66. The molecular weight excluding hydrogens is 404 g/mol. The Morgan fingerprint density at radius 1 is 1.17 bits per heavy atom. The van der Waals surface area contributed by atoms with Crippen LogP contribution in [0.3, 0.4) is 0 Å². The maximum absolute atomic E-state index is 13.4. The summed E-state index contributed by atoms with van der Waals surface area (Å²) in [5.74, 6) is 0.825. The number of allylic oxidation sites excluding steroid dienone is 2. The van der Waals surface area contributed by atoms with E-state index < -0.39 is 6.04 Å². The van der Waals surface area contributed by atoms with Crippen molar-refractivity contribution < 1.29 is 9.53 Å². The molecule has 2 aliphatic rings. The molecule has 5 rings (SSSR count). The fourth-order valence-electron chi connectivity index (χ4n) is 3.91. The van der Waals surface area contributed by atoms with E-state index in [4.69, 9.17) is 9.73 Å². The first kappa shape index (κ1) is 18.3. The molecule has 3 heterocycles. The molecule has 0 fully saturated rings. The molecule has 5 nitrogen and oxygen atoms in total. The Morgan fingerprint density at radius 2 is 2.00 bits per heavy atom. The van der Waals surface area contributed by atoms with Crippen molar-refractivity contribution in [1.82, 2.24) is 4.57 Å². The van der Waals surface area contributed by atoms with Crippen LogP contribution in [0.15, 0.2) is 62.8 Å². The van der Waals surface area contributed by atoms with E-state index in [1.54, 1.807) is 23.0 Å². The van der Waals surface area contributed by atoms with Crippen LogP contribution in [-0.2, 0) is 4.79 Å². The molecule has 0 spiro atoms. The molecule has 1 aliphatic heterocycles. The number of carbonyl (C=O) groups is 1. The van der Waals surface area contributed by atoms with E-state index in [-0.39, 0.29) is 11.3 Å². The maximum atomic E-state index is 13.4. The number of Topliss-reactive ketones (excluding diaryl/α,β-unsaturated/α-hetero) is 1. The lowest BCUT2D eigenvalue weighted by molar-refractivity contribution is -0.116. The second-order valence-electron chi connectivity index (χ2n) is 7.01. The number of ketones is 1. The number of hydrogen-bond donors (Lipinski definition) is 0. The van der Waals surface area contributed by atoms with E-state index in [0.717, 1.165) is 34.7 Å².